The average Bonchev–Trinajstić information content (AvgIpc) is 4.17. The Bertz CT molecular complexity index is 4690. The maximum Gasteiger partial charge on any atom is 0.0894 e. The summed E-state index contributed by atoms with van der Waals surface area (Å²) in [7, 11) is 0. The van der Waals surface area contributed by atoms with E-state index in [1.807, 2.05) is 42.1 Å². The van der Waals surface area contributed by atoms with Crippen LogP contribution in [0.4, 0.5) is 0 Å². The molecule has 15 aromatic rings. The van der Waals surface area contributed by atoms with Crippen LogP contribution in [0, 0.1) is 0 Å². The molecule has 15 rings (SSSR count). The van der Waals surface area contributed by atoms with Crippen LogP contribution in [0.2, 0.25) is 0 Å². The molecule has 6 heteroatoms. The predicted octanol–water partition coefficient (Wildman–Crippen LogP) is 18.4. The van der Waals surface area contributed by atoms with Gasteiger partial charge in [-0.3, -0.25) is 15.0 Å². The second-order valence-electron chi connectivity index (χ2n) is 19.1. The molecule has 0 aliphatic heterocycles. The number of thiophene rings is 1. The molecule has 0 bridgehead atoms. The second-order valence-corrected chi connectivity index (χ2v) is 20.2. The van der Waals surface area contributed by atoms with Crippen LogP contribution in [0.3, 0.4) is 0 Å². The Labute approximate surface area is 436 Å². The van der Waals surface area contributed by atoms with Crippen molar-refractivity contribution in [3.8, 4) is 78.4 Å². The van der Waals surface area contributed by atoms with Gasteiger partial charge in [0.25, 0.3) is 0 Å². The topological polar surface area (TPSA) is 48.5 Å². The lowest BCUT2D eigenvalue weighted by Crippen LogP contribution is -1.93. The lowest BCUT2D eigenvalue weighted by atomic mass is 9.95. The molecule has 0 aliphatic rings. The monoisotopic (exact) mass is 973 g/mol. The molecule has 0 fully saturated rings. The van der Waals surface area contributed by atoms with Gasteiger partial charge in [0.1, 0.15) is 0 Å². The minimum Gasteiger partial charge on any atom is -0.309 e. The summed E-state index contributed by atoms with van der Waals surface area (Å²) >= 11 is 1.82. The maximum absolute atomic E-state index is 5.11. The van der Waals surface area contributed by atoms with Crippen molar-refractivity contribution < 1.29 is 0 Å². The van der Waals surface area contributed by atoms with E-state index < -0.39 is 0 Å². The third kappa shape index (κ3) is 7.10. The van der Waals surface area contributed by atoms with Gasteiger partial charge in [0.2, 0.25) is 0 Å². The normalized spacial score (nSPS) is 11.7. The number of nitrogens with zero attached hydrogens (tertiary/aromatic N) is 5. The van der Waals surface area contributed by atoms with Gasteiger partial charge in [-0.2, -0.15) is 0 Å². The predicted molar refractivity (Wildman–Crippen MR) is 314 cm³/mol. The number of para-hydroxylation sites is 2. The first-order valence-electron chi connectivity index (χ1n) is 25.3. The molecule has 9 aromatic carbocycles. The molecule has 75 heavy (non-hydrogen) atoms. The standard InChI is InChI=1S/C69H43N5S/c1-3-15-49(16-4-1)73-63-30-25-44(39-56(63)57-41-46(26-31-64(57)73)51-19-7-9-21-54(51)61-23-11-13-36-70-61)45-29-34-67-60(40-45)68-69(75-67)53(35-38-72-68)48-28-33-66-59(43-48)58-42-47(27-32-65(58)74(66)50-17-5-2-6-18-50)52-20-8-10-22-55(52)62-24-12-14-37-71-62/h1-43H. The van der Waals surface area contributed by atoms with Crippen LogP contribution in [0.25, 0.3) is 142 Å². The number of benzene rings is 9. The average molecular weight is 974 g/mol. The lowest BCUT2D eigenvalue weighted by molar-refractivity contribution is 1.18. The van der Waals surface area contributed by atoms with Gasteiger partial charge < -0.3 is 9.13 Å². The van der Waals surface area contributed by atoms with Crippen molar-refractivity contribution in [2.75, 3.05) is 0 Å². The van der Waals surface area contributed by atoms with Crippen LogP contribution in [-0.4, -0.2) is 24.1 Å². The van der Waals surface area contributed by atoms with Crippen molar-refractivity contribution in [2.45, 2.75) is 0 Å². The summed E-state index contributed by atoms with van der Waals surface area (Å²) in [4.78, 5) is 14.6. The summed E-state index contributed by atoms with van der Waals surface area (Å²) in [6, 6.07) is 87.5. The number of aromatic nitrogens is 5. The van der Waals surface area contributed by atoms with Gasteiger partial charge >= 0.3 is 0 Å². The van der Waals surface area contributed by atoms with E-state index in [1.165, 1.54) is 36.5 Å². The molecule has 0 N–H and O–H groups in total. The molecule has 5 nitrogen and oxygen atoms in total. The highest BCUT2D eigenvalue weighted by Gasteiger charge is 2.20. The van der Waals surface area contributed by atoms with Crippen molar-refractivity contribution in [1.29, 1.82) is 0 Å². The van der Waals surface area contributed by atoms with Gasteiger partial charge in [-0.1, -0.05) is 127 Å². The van der Waals surface area contributed by atoms with Crippen LogP contribution in [-0.2, 0) is 0 Å². The summed E-state index contributed by atoms with van der Waals surface area (Å²) in [5.41, 5.74) is 21.4. The minimum absolute atomic E-state index is 0.960. The van der Waals surface area contributed by atoms with Crippen molar-refractivity contribution in [3.63, 3.8) is 0 Å². The Kier molecular flexibility index (Phi) is 10.00. The fourth-order valence-electron chi connectivity index (χ4n) is 11.5. The van der Waals surface area contributed by atoms with E-state index in [0.29, 0.717) is 0 Å². The van der Waals surface area contributed by atoms with Crippen LogP contribution in [0.15, 0.2) is 261 Å². The second kappa shape index (κ2) is 17.5. The highest BCUT2D eigenvalue weighted by atomic mass is 32.1. The van der Waals surface area contributed by atoms with E-state index in [9.17, 15) is 0 Å². The van der Waals surface area contributed by atoms with Crippen LogP contribution in [0.5, 0.6) is 0 Å². The highest BCUT2D eigenvalue weighted by molar-refractivity contribution is 7.26. The molecule has 0 radical (unpaired) electrons. The molecule has 350 valence electrons. The number of hydrogen-bond donors (Lipinski definition) is 0. The number of rotatable bonds is 8. The molecule has 0 amide bonds. The van der Waals surface area contributed by atoms with E-state index in [4.69, 9.17) is 15.0 Å². The Balaban J connectivity index is 0.863. The van der Waals surface area contributed by atoms with Gasteiger partial charge in [0, 0.05) is 78.3 Å². The molecule has 0 spiro atoms. The fourth-order valence-corrected chi connectivity index (χ4v) is 12.6. The van der Waals surface area contributed by atoms with Crippen LogP contribution < -0.4 is 0 Å². The minimum atomic E-state index is 0.960. The summed E-state index contributed by atoms with van der Waals surface area (Å²) < 4.78 is 7.18. The first kappa shape index (κ1) is 42.9. The highest BCUT2D eigenvalue weighted by Crippen LogP contribution is 2.45. The van der Waals surface area contributed by atoms with Crippen molar-refractivity contribution in [1.82, 2.24) is 24.1 Å². The molecule has 6 heterocycles. The number of pyridine rings is 3. The van der Waals surface area contributed by atoms with E-state index in [2.05, 4.69) is 240 Å². The first-order chi connectivity index (χ1) is 37.2. The molecule has 0 saturated carbocycles. The van der Waals surface area contributed by atoms with Crippen LogP contribution in [0.1, 0.15) is 0 Å². The van der Waals surface area contributed by atoms with Gasteiger partial charge in [-0.15, -0.1) is 11.3 Å². The number of hydrogen-bond acceptors (Lipinski definition) is 4. The van der Waals surface area contributed by atoms with Gasteiger partial charge in [-0.05, 0) is 154 Å². The zero-order valence-electron chi connectivity index (χ0n) is 40.5. The van der Waals surface area contributed by atoms with Gasteiger partial charge in [-0.25, -0.2) is 0 Å². The third-order valence-corrected chi connectivity index (χ3v) is 16.1. The quantitative estimate of drug-likeness (QED) is 0.152. The number of fused-ring (bicyclic) bond motifs is 9. The lowest BCUT2D eigenvalue weighted by Gasteiger charge is -2.11. The third-order valence-electron chi connectivity index (χ3n) is 14.9. The molecule has 0 atom stereocenters. The molecular formula is C69H43N5S. The Morgan fingerprint density at radius 2 is 0.680 bits per heavy atom. The van der Waals surface area contributed by atoms with Crippen molar-refractivity contribution in [3.05, 3.63) is 261 Å². The van der Waals surface area contributed by atoms with E-state index in [0.717, 1.165) is 106 Å². The smallest absolute Gasteiger partial charge is 0.0894 e. The molecule has 6 aromatic heterocycles. The van der Waals surface area contributed by atoms with Gasteiger partial charge in [0.05, 0.1) is 43.7 Å². The van der Waals surface area contributed by atoms with Gasteiger partial charge in [0.15, 0.2) is 0 Å². The Morgan fingerprint density at radius 3 is 1.16 bits per heavy atom. The fraction of sp³-hybridized carbons (Fsp3) is 0. The van der Waals surface area contributed by atoms with Crippen LogP contribution >= 0.6 is 11.3 Å². The van der Waals surface area contributed by atoms with E-state index in [-0.39, 0.29) is 0 Å². The van der Waals surface area contributed by atoms with E-state index >= 15 is 0 Å². The molecular weight excluding hydrogens is 931 g/mol. The van der Waals surface area contributed by atoms with Crippen molar-refractivity contribution >= 4 is 75.3 Å². The molecule has 0 aliphatic carbocycles. The largest absolute Gasteiger partial charge is 0.309 e. The zero-order chi connectivity index (χ0) is 49.4. The zero-order valence-corrected chi connectivity index (χ0v) is 41.3. The Morgan fingerprint density at radius 1 is 0.280 bits per heavy atom. The first-order valence-corrected chi connectivity index (χ1v) is 26.1. The summed E-state index contributed by atoms with van der Waals surface area (Å²) in [5.74, 6) is 0. The maximum atomic E-state index is 5.11. The van der Waals surface area contributed by atoms with Crippen molar-refractivity contribution in [2.24, 2.45) is 0 Å². The summed E-state index contributed by atoms with van der Waals surface area (Å²) in [6.45, 7) is 0. The summed E-state index contributed by atoms with van der Waals surface area (Å²) in [6.07, 6.45) is 5.71. The van der Waals surface area contributed by atoms with E-state index in [1.54, 1.807) is 0 Å². The molecule has 0 saturated heterocycles. The Hall–Kier alpha value is -9.75. The SMILES string of the molecule is c1ccc(-n2c3ccc(-c4ccc5sc6c(-c7ccc8c(c7)c7cc(-c9ccccc9-c9ccccn9)ccc7n8-c7ccccc7)ccnc6c5c4)cc3c3cc(-c4ccccc4-c4ccccn4)ccc32)cc1. The molecule has 0 unspecified atom stereocenters. The summed E-state index contributed by atoms with van der Waals surface area (Å²) in [5, 5.41) is 5.96.